The van der Waals surface area contributed by atoms with E-state index in [2.05, 4.69) is 40.7 Å². The molecule has 9 atom stereocenters. The third-order valence-electron chi connectivity index (χ3n) is 12.4. The fraction of sp³-hybridized carbons (Fsp3) is 0.931. The maximum atomic E-state index is 10.8. The van der Waals surface area contributed by atoms with Crippen molar-refractivity contribution in [1.29, 1.82) is 0 Å². The molecular weight excluding hydrogens is 380 g/mol. The van der Waals surface area contributed by atoms with E-state index in [9.17, 15) is 10.2 Å². The fourth-order valence-corrected chi connectivity index (χ4v) is 10.1. The lowest BCUT2D eigenvalue weighted by atomic mass is 9.46. The number of hydrogen-bond acceptors (Lipinski definition) is 2. The summed E-state index contributed by atoms with van der Waals surface area (Å²) < 4.78 is 0. The van der Waals surface area contributed by atoms with Crippen LogP contribution in [0.25, 0.3) is 0 Å². The Bertz CT molecular complexity index is 780. The van der Waals surface area contributed by atoms with Gasteiger partial charge in [0.2, 0.25) is 0 Å². The maximum absolute atomic E-state index is 10.8. The number of rotatable bonds is 5. The van der Waals surface area contributed by atoms with Gasteiger partial charge in [-0.2, -0.15) is 0 Å². The fourth-order valence-electron chi connectivity index (χ4n) is 10.1. The molecule has 2 N–H and O–H groups in total. The molecule has 0 amide bonds. The molecule has 176 valence electrons. The maximum Gasteiger partial charge on any atom is 0.0657 e. The highest BCUT2D eigenvalue weighted by Gasteiger charge is 2.82. The molecule has 4 saturated carbocycles. The number of allylic oxidation sites excluding steroid dienone is 1. The van der Waals surface area contributed by atoms with Gasteiger partial charge < -0.3 is 10.2 Å². The first-order chi connectivity index (χ1) is 14.3. The summed E-state index contributed by atoms with van der Waals surface area (Å²) in [6.45, 7) is 13.9. The molecule has 5 rings (SSSR count). The van der Waals surface area contributed by atoms with Gasteiger partial charge in [0.05, 0.1) is 11.2 Å². The van der Waals surface area contributed by atoms with Gasteiger partial charge in [-0.3, -0.25) is 0 Å². The van der Waals surface area contributed by atoms with Crippen molar-refractivity contribution in [3.05, 3.63) is 11.6 Å². The van der Waals surface area contributed by atoms with Crippen molar-refractivity contribution in [2.45, 2.75) is 130 Å². The van der Waals surface area contributed by atoms with E-state index >= 15 is 0 Å². The van der Waals surface area contributed by atoms with Crippen LogP contribution in [0.1, 0.15) is 119 Å². The number of fused-ring (bicyclic) bond motifs is 2. The zero-order chi connectivity index (χ0) is 22.5. The minimum Gasteiger partial charge on any atom is -0.390 e. The molecule has 0 aliphatic heterocycles. The van der Waals surface area contributed by atoms with Gasteiger partial charge in [0.1, 0.15) is 0 Å². The first-order valence-electron chi connectivity index (χ1n) is 13.5. The molecule has 0 bridgehead atoms. The minimum atomic E-state index is -0.495. The molecule has 5 aliphatic carbocycles. The normalized spacial score (nSPS) is 53.4. The lowest BCUT2D eigenvalue weighted by Crippen LogP contribution is -2.52. The van der Waals surface area contributed by atoms with E-state index < -0.39 is 11.2 Å². The Balaban J connectivity index is 1.39. The monoisotopic (exact) mass is 428 g/mol. The van der Waals surface area contributed by atoms with E-state index in [1.807, 2.05) is 6.92 Å². The molecule has 0 heterocycles. The molecule has 0 aromatic heterocycles. The Hall–Kier alpha value is -0.340. The molecule has 0 radical (unpaired) electrons. The quantitative estimate of drug-likeness (QED) is 0.461. The second-order valence-corrected chi connectivity index (χ2v) is 14.0. The van der Waals surface area contributed by atoms with Crippen LogP contribution >= 0.6 is 0 Å². The molecule has 5 aliphatic rings. The molecule has 4 fully saturated rings. The van der Waals surface area contributed by atoms with Crippen LogP contribution in [0, 0.1) is 39.4 Å². The van der Waals surface area contributed by atoms with Crippen LogP contribution in [-0.2, 0) is 0 Å². The van der Waals surface area contributed by atoms with Crippen LogP contribution in [0.5, 0.6) is 0 Å². The average Bonchev–Trinajstić information content (AvgIpc) is 3.29. The van der Waals surface area contributed by atoms with Crippen LogP contribution in [-0.4, -0.2) is 21.4 Å². The van der Waals surface area contributed by atoms with Gasteiger partial charge in [-0.05, 0) is 130 Å². The second kappa shape index (κ2) is 6.62. The molecule has 0 aromatic carbocycles. The van der Waals surface area contributed by atoms with E-state index in [4.69, 9.17) is 0 Å². The SMILES string of the molecule is CCC(C)(O)CCC(C)C1CCC2C1(C)CCC13CC21CC=C1CC(C)(O)CCC13C. The summed E-state index contributed by atoms with van der Waals surface area (Å²) in [5, 5.41) is 21.3. The summed E-state index contributed by atoms with van der Waals surface area (Å²) in [7, 11) is 0. The Kier molecular flexibility index (Phi) is 4.80. The van der Waals surface area contributed by atoms with Gasteiger partial charge in [0.25, 0.3) is 0 Å². The van der Waals surface area contributed by atoms with Gasteiger partial charge in [-0.1, -0.05) is 39.3 Å². The van der Waals surface area contributed by atoms with Crippen molar-refractivity contribution in [3.63, 3.8) is 0 Å². The van der Waals surface area contributed by atoms with Crippen molar-refractivity contribution in [2.24, 2.45) is 39.4 Å². The van der Waals surface area contributed by atoms with Crippen LogP contribution in [0.4, 0.5) is 0 Å². The zero-order valence-corrected chi connectivity index (χ0v) is 21.2. The Labute approximate surface area is 191 Å². The topological polar surface area (TPSA) is 40.5 Å². The van der Waals surface area contributed by atoms with Gasteiger partial charge in [0.15, 0.2) is 0 Å². The predicted octanol–water partition coefficient (Wildman–Crippen LogP) is 7.04. The van der Waals surface area contributed by atoms with Crippen LogP contribution in [0.2, 0.25) is 0 Å². The first kappa shape index (κ1) is 22.5. The summed E-state index contributed by atoms with van der Waals surface area (Å²) in [4.78, 5) is 0. The summed E-state index contributed by atoms with van der Waals surface area (Å²) in [5.41, 5.74) is 2.50. The zero-order valence-electron chi connectivity index (χ0n) is 21.2. The molecule has 31 heavy (non-hydrogen) atoms. The van der Waals surface area contributed by atoms with Crippen LogP contribution in [0.3, 0.4) is 0 Å². The average molecular weight is 429 g/mol. The highest BCUT2D eigenvalue weighted by Crippen LogP contribution is 2.89. The minimum absolute atomic E-state index is 0.332. The Morgan fingerprint density at radius 1 is 1.13 bits per heavy atom. The van der Waals surface area contributed by atoms with E-state index in [1.165, 1.54) is 51.4 Å². The summed E-state index contributed by atoms with van der Waals surface area (Å²) in [6, 6.07) is 0. The van der Waals surface area contributed by atoms with E-state index in [-0.39, 0.29) is 0 Å². The third kappa shape index (κ3) is 2.89. The van der Waals surface area contributed by atoms with Crippen molar-refractivity contribution in [3.8, 4) is 0 Å². The van der Waals surface area contributed by atoms with Gasteiger partial charge >= 0.3 is 0 Å². The van der Waals surface area contributed by atoms with Crippen molar-refractivity contribution in [2.75, 3.05) is 0 Å². The van der Waals surface area contributed by atoms with E-state index in [0.29, 0.717) is 27.6 Å². The largest absolute Gasteiger partial charge is 0.390 e. The Morgan fingerprint density at radius 2 is 1.87 bits per heavy atom. The van der Waals surface area contributed by atoms with E-state index in [0.717, 1.165) is 37.5 Å². The Morgan fingerprint density at radius 3 is 2.58 bits per heavy atom. The van der Waals surface area contributed by atoms with Crippen LogP contribution < -0.4 is 0 Å². The molecule has 0 aromatic rings. The summed E-state index contributed by atoms with van der Waals surface area (Å²) in [6.07, 6.45) is 17.0. The second-order valence-electron chi connectivity index (χ2n) is 14.0. The molecule has 2 nitrogen and oxygen atoms in total. The lowest BCUT2D eigenvalue weighted by molar-refractivity contribution is -0.0718. The van der Waals surface area contributed by atoms with Gasteiger partial charge in [0, 0.05) is 0 Å². The van der Waals surface area contributed by atoms with Gasteiger partial charge in [-0.25, -0.2) is 0 Å². The molecule has 0 saturated heterocycles. The van der Waals surface area contributed by atoms with Crippen LogP contribution in [0.15, 0.2) is 11.6 Å². The molecule has 0 spiro atoms. The highest BCUT2D eigenvalue weighted by atomic mass is 16.3. The van der Waals surface area contributed by atoms with Crippen molar-refractivity contribution in [1.82, 2.24) is 0 Å². The summed E-state index contributed by atoms with van der Waals surface area (Å²) in [5.74, 6) is 2.42. The third-order valence-corrected chi connectivity index (χ3v) is 12.4. The van der Waals surface area contributed by atoms with E-state index in [1.54, 1.807) is 5.57 Å². The highest BCUT2D eigenvalue weighted by molar-refractivity contribution is 5.40. The van der Waals surface area contributed by atoms with Gasteiger partial charge in [-0.15, -0.1) is 0 Å². The molecule has 2 heteroatoms. The first-order valence-corrected chi connectivity index (χ1v) is 13.5. The van der Waals surface area contributed by atoms with Crippen molar-refractivity contribution >= 4 is 0 Å². The number of hydrogen-bond donors (Lipinski definition) is 2. The predicted molar refractivity (Wildman–Crippen MR) is 128 cm³/mol. The smallest absolute Gasteiger partial charge is 0.0657 e. The molecular formula is C29H48O2. The summed E-state index contributed by atoms with van der Waals surface area (Å²) >= 11 is 0. The standard InChI is InChI=1S/C29H48O2/c1-7-24(3,30)12-10-20(2)22-8-9-23-26(22,5)15-17-29-19-28(23,29)13-11-21-18-25(4,31)14-16-27(21,29)6/h11,20,22-23,30-31H,7-10,12-19H2,1-6H3. The molecule has 9 unspecified atom stereocenters. The lowest BCUT2D eigenvalue weighted by Gasteiger charge is -2.59. The van der Waals surface area contributed by atoms with Crippen molar-refractivity contribution < 1.29 is 10.2 Å². The number of aliphatic hydroxyl groups is 2.